The second-order valence-electron chi connectivity index (χ2n) is 3.92. The van der Waals surface area contributed by atoms with Crippen LogP contribution < -0.4 is 0 Å². The van der Waals surface area contributed by atoms with E-state index in [2.05, 4.69) is 48.6 Å². The molecule has 0 aromatic heterocycles. The minimum absolute atomic E-state index is 0.987. The number of hydrogen-bond donors (Lipinski definition) is 0. The molecule has 14 heavy (non-hydrogen) atoms. The Hall–Kier alpha value is -1.15. The molecule has 0 aliphatic carbocycles. The Morgan fingerprint density at radius 2 is 2.07 bits per heavy atom. The van der Waals surface area contributed by atoms with Crippen LogP contribution in [0.4, 0.5) is 0 Å². The highest BCUT2D eigenvalue weighted by molar-refractivity contribution is 5.48. The molecule has 1 unspecified atom stereocenters. The molecule has 74 valence electrons. The van der Waals surface area contributed by atoms with Crippen LogP contribution in [0.15, 0.2) is 35.3 Å². The third-order valence-corrected chi connectivity index (χ3v) is 2.97. The zero-order valence-corrected chi connectivity index (χ0v) is 8.69. The van der Waals surface area contributed by atoms with Crippen molar-refractivity contribution in [2.24, 2.45) is 4.99 Å². The quantitative estimate of drug-likeness (QED) is 0.645. The maximum atomic E-state index is 4.35. The first-order valence-electron chi connectivity index (χ1n) is 5.25. The van der Waals surface area contributed by atoms with E-state index in [1.54, 1.807) is 0 Å². The highest BCUT2D eigenvalue weighted by Gasteiger charge is 2.27. The SMILES string of the molecule is CC[N+]1(Cc2ccccc2)C=NCC1. The van der Waals surface area contributed by atoms with Crippen molar-refractivity contribution in [3.63, 3.8) is 0 Å². The van der Waals surface area contributed by atoms with Gasteiger partial charge in [0, 0.05) is 5.56 Å². The van der Waals surface area contributed by atoms with Crippen LogP contribution in [0.5, 0.6) is 0 Å². The molecule has 0 radical (unpaired) electrons. The smallest absolute Gasteiger partial charge is 0.185 e. The summed E-state index contributed by atoms with van der Waals surface area (Å²) in [5.41, 5.74) is 1.41. The summed E-state index contributed by atoms with van der Waals surface area (Å²) in [4.78, 5) is 4.35. The van der Waals surface area contributed by atoms with Crippen LogP contribution in [0.1, 0.15) is 12.5 Å². The Morgan fingerprint density at radius 1 is 1.29 bits per heavy atom. The number of quaternary nitrogens is 1. The molecular weight excluding hydrogens is 172 g/mol. The van der Waals surface area contributed by atoms with E-state index in [4.69, 9.17) is 0 Å². The second-order valence-corrected chi connectivity index (χ2v) is 3.92. The summed E-state index contributed by atoms with van der Waals surface area (Å²) in [5, 5.41) is 0. The van der Waals surface area contributed by atoms with E-state index in [9.17, 15) is 0 Å². The van der Waals surface area contributed by atoms with Crippen LogP contribution in [0.2, 0.25) is 0 Å². The van der Waals surface area contributed by atoms with Gasteiger partial charge in [-0.1, -0.05) is 30.3 Å². The van der Waals surface area contributed by atoms with E-state index >= 15 is 0 Å². The lowest BCUT2D eigenvalue weighted by Gasteiger charge is -2.28. The molecule has 0 spiro atoms. The lowest BCUT2D eigenvalue weighted by Crippen LogP contribution is -2.44. The first-order chi connectivity index (χ1) is 6.85. The zero-order valence-electron chi connectivity index (χ0n) is 8.69. The molecule has 1 heterocycles. The van der Waals surface area contributed by atoms with Gasteiger partial charge in [0.05, 0.1) is 13.1 Å². The lowest BCUT2D eigenvalue weighted by molar-refractivity contribution is -0.840. The minimum atomic E-state index is 0.987. The Morgan fingerprint density at radius 3 is 2.64 bits per heavy atom. The van der Waals surface area contributed by atoms with Gasteiger partial charge in [-0.3, -0.25) is 4.48 Å². The molecule has 1 atom stereocenters. The predicted molar refractivity (Wildman–Crippen MR) is 59.2 cm³/mol. The lowest BCUT2D eigenvalue weighted by atomic mass is 10.2. The van der Waals surface area contributed by atoms with Crippen molar-refractivity contribution in [1.29, 1.82) is 0 Å². The van der Waals surface area contributed by atoms with Crippen LogP contribution in [0, 0.1) is 0 Å². The predicted octanol–water partition coefficient (Wildman–Crippen LogP) is 2.07. The van der Waals surface area contributed by atoms with E-state index in [-0.39, 0.29) is 0 Å². The molecule has 2 heteroatoms. The number of nitrogens with zero attached hydrogens (tertiary/aromatic N) is 2. The summed E-state index contributed by atoms with van der Waals surface area (Å²) in [7, 11) is 0. The number of likely N-dealkylation sites (N-methyl/N-ethyl adjacent to an activating group) is 1. The van der Waals surface area contributed by atoms with Crippen LogP contribution >= 0.6 is 0 Å². The first-order valence-corrected chi connectivity index (χ1v) is 5.25. The number of aliphatic imine (C=N–C) groups is 1. The number of benzene rings is 1. The Kier molecular flexibility index (Phi) is 2.64. The molecule has 1 aliphatic rings. The Balaban J connectivity index is 2.13. The van der Waals surface area contributed by atoms with Gasteiger partial charge < -0.3 is 0 Å². The standard InChI is InChI=1S/C12H17N2/c1-2-14(9-8-13-11-14)10-12-6-4-3-5-7-12/h3-7,11H,2,8-10H2,1H3/q+1. The van der Waals surface area contributed by atoms with Gasteiger partial charge in [-0.15, -0.1) is 0 Å². The van der Waals surface area contributed by atoms with Gasteiger partial charge in [0.25, 0.3) is 0 Å². The molecule has 1 aromatic rings. The maximum Gasteiger partial charge on any atom is 0.185 e. The van der Waals surface area contributed by atoms with Gasteiger partial charge >= 0.3 is 0 Å². The van der Waals surface area contributed by atoms with Crippen molar-refractivity contribution < 1.29 is 4.48 Å². The first kappa shape index (κ1) is 9.41. The average Bonchev–Trinajstić information content (AvgIpc) is 2.69. The van der Waals surface area contributed by atoms with E-state index in [1.165, 1.54) is 5.56 Å². The summed E-state index contributed by atoms with van der Waals surface area (Å²) in [5.74, 6) is 0. The van der Waals surface area contributed by atoms with Crippen molar-refractivity contribution in [3.05, 3.63) is 35.9 Å². The number of rotatable bonds is 3. The van der Waals surface area contributed by atoms with E-state index < -0.39 is 0 Å². The molecular formula is C12H17N2+. The molecule has 1 aliphatic heterocycles. The zero-order chi connectivity index (χ0) is 9.86. The van der Waals surface area contributed by atoms with Crippen molar-refractivity contribution >= 4 is 6.34 Å². The van der Waals surface area contributed by atoms with Crippen LogP contribution in [0.3, 0.4) is 0 Å². The maximum absolute atomic E-state index is 4.35. The summed E-state index contributed by atoms with van der Waals surface area (Å²) in [6, 6.07) is 10.7. The third kappa shape index (κ3) is 1.85. The molecule has 2 nitrogen and oxygen atoms in total. The van der Waals surface area contributed by atoms with Gasteiger partial charge in [-0.25, -0.2) is 4.99 Å². The van der Waals surface area contributed by atoms with E-state index in [0.29, 0.717) is 0 Å². The molecule has 2 rings (SSSR count). The highest BCUT2D eigenvalue weighted by Crippen LogP contribution is 2.15. The molecule has 0 saturated carbocycles. The van der Waals surface area contributed by atoms with Crippen LogP contribution in [-0.2, 0) is 6.54 Å². The average molecular weight is 189 g/mol. The fourth-order valence-corrected chi connectivity index (χ4v) is 1.96. The summed E-state index contributed by atoms with van der Waals surface area (Å²) < 4.78 is 1.02. The minimum Gasteiger partial charge on any atom is -0.276 e. The molecule has 0 saturated heterocycles. The number of hydrogen-bond acceptors (Lipinski definition) is 1. The molecule has 1 aromatic carbocycles. The summed E-state index contributed by atoms with van der Waals surface area (Å²) in [6.45, 7) is 6.60. The van der Waals surface area contributed by atoms with Crippen molar-refractivity contribution in [2.45, 2.75) is 13.5 Å². The fourth-order valence-electron chi connectivity index (χ4n) is 1.96. The normalized spacial score (nSPS) is 25.5. The second kappa shape index (κ2) is 3.93. The molecule has 0 N–H and O–H groups in total. The van der Waals surface area contributed by atoms with Gasteiger partial charge in [0.2, 0.25) is 0 Å². The van der Waals surface area contributed by atoms with Gasteiger partial charge in [0.15, 0.2) is 6.34 Å². The summed E-state index contributed by atoms with van der Waals surface area (Å²) in [6.07, 6.45) is 2.12. The van der Waals surface area contributed by atoms with E-state index in [1.807, 2.05) is 0 Å². The fraction of sp³-hybridized carbons (Fsp3) is 0.417. The molecule has 0 bridgehead atoms. The molecule has 0 amide bonds. The van der Waals surface area contributed by atoms with Crippen LogP contribution in [0.25, 0.3) is 0 Å². The highest BCUT2D eigenvalue weighted by atomic mass is 15.4. The largest absolute Gasteiger partial charge is 0.276 e. The topological polar surface area (TPSA) is 12.4 Å². The van der Waals surface area contributed by atoms with Crippen molar-refractivity contribution in [2.75, 3.05) is 19.6 Å². The summed E-state index contributed by atoms with van der Waals surface area (Å²) >= 11 is 0. The van der Waals surface area contributed by atoms with Crippen molar-refractivity contribution in [1.82, 2.24) is 0 Å². The van der Waals surface area contributed by atoms with Gasteiger partial charge in [-0.05, 0) is 6.92 Å². The van der Waals surface area contributed by atoms with E-state index in [0.717, 1.165) is 30.7 Å². The monoisotopic (exact) mass is 189 g/mol. The van der Waals surface area contributed by atoms with Crippen molar-refractivity contribution in [3.8, 4) is 0 Å². The van der Waals surface area contributed by atoms with Gasteiger partial charge in [0.1, 0.15) is 13.1 Å². The Bertz CT molecular complexity index is 318. The Labute approximate surface area is 85.5 Å². The van der Waals surface area contributed by atoms with Gasteiger partial charge in [-0.2, -0.15) is 0 Å². The third-order valence-electron chi connectivity index (χ3n) is 2.97. The van der Waals surface area contributed by atoms with Crippen LogP contribution in [-0.4, -0.2) is 30.5 Å². The molecule has 0 fully saturated rings.